The first kappa shape index (κ1) is 19.5. The van der Waals surface area contributed by atoms with Crippen molar-refractivity contribution >= 4 is 29.5 Å². The average Bonchev–Trinajstić information content (AvgIpc) is 2.43. The van der Waals surface area contributed by atoms with Crippen LogP contribution in [0.4, 0.5) is 4.79 Å². The first-order valence-electron chi connectivity index (χ1n) is 7.77. The zero-order valence-corrected chi connectivity index (χ0v) is 14.9. The topological polar surface area (TPSA) is 87.7 Å². The molecule has 23 heavy (non-hydrogen) atoms. The van der Waals surface area contributed by atoms with E-state index in [1.54, 1.807) is 32.6 Å². The third-order valence-corrected chi connectivity index (χ3v) is 3.49. The molecule has 0 saturated carbocycles. The van der Waals surface area contributed by atoms with Gasteiger partial charge in [0.25, 0.3) is 0 Å². The van der Waals surface area contributed by atoms with Gasteiger partial charge >= 0.3 is 6.09 Å². The predicted octanol–water partition coefficient (Wildman–Crippen LogP) is 1.25. The highest BCUT2D eigenvalue weighted by Crippen LogP contribution is 2.13. The number of halogens is 1. The molecule has 1 aliphatic rings. The number of alkyl carbamates (subject to hydrolysis) is 1. The van der Waals surface area contributed by atoms with Crippen molar-refractivity contribution in [2.75, 3.05) is 19.6 Å². The molecule has 0 bridgehead atoms. The molecule has 0 radical (unpaired) electrons. The Labute approximate surface area is 142 Å². The molecule has 7 nitrogen and oxygen atoms in total. The van der Waals surface area contributed by atoms with Gasteiger partial charge in [0.1, 0.15) is 17.5 Å². The van der Waals surface area contributed by atoms with Gasteiger partial charge in [-0.05, 0) is 40.5 Å². The maximum atomic E-state index is 11.8. The quantitative estimate of drug-likeness (QED) is 0.749. The van der Waals surface area contributed by atoms with Crippen LogP contribution in [0.15, 0.2) is 0 Å². The van der Waals surface area contributed by atoms with Crippen molar-refractivity contribution < 1.29 is 19.1 Å². The van der Waals surface area contributed by atoms with E-state index in [0.717, 1.165) is 0 Å². The summed E-state index contributed by atoms with van der Waals surface area (Å²) in [5, 5.41) is 4.73. The molecule has 3 amide bonds. The largest absolute Gasteiger partial charge is 0.444 e. The highest BCUT2D eigenvalue weighted by atomic mass is 35.5. The Hall–Kier alpha value is -1.50. The Morgan fingerprint density at radius 3 is 2.30 bits per heavy atom. The summed E-state index contributed by atoms with van der Waals surface area (Å²) in [5.41, 5.74) is -0.598. The van der Waals surface area contributed by atoms with E-state index < -0.39 is 17.1 Å². The molecule has 0 aromatic carbocycles. The Bertz CT molecular complexity index is 440. The zero-order valence-electron chi connectivity index (χ0n) is 14.1. The molecule has 8 heteroatoms. The van der Waals surface area contributed by atoms with Crippen molar-refractivity contribution in [1.82, 2.24) is 15.5 Å². The minimum Gasteiger partial charge on any atom is -0.444 e. The molecule has 1 heterocycles. The summed E-state index contributed by atoms with van der Waals surface area (Å²) in [7, 11) is 0. The average molecular weight is 348 g/mol. The highest BCUT2D eigenvalue weighted by Gasteiger charge is 2.26. The van der Waals surface area contributed by atoms with Gasteiger partial charge in [0.15, 0.2) is 0 Å². The van der Waals surface area contributed by atoms with Crippen LogP contribution in [-0.2, 0) is 14.3 Å². The van der Waals surface area contributed by atoms with Crippen LogP contribution in [0.5, 0.6) is 0 Å². The molecule has 0 aromatic rings. The van der Waals surface area contributed by atoms with Gasteiger partial charge in [-0.25, -0.2) is 4.79 Å². The first-order chi connectivity index (χ1) is 10.6. The summed E-state index contributed by atoms with van der Waals surface area (Å²) < 4.78 is 5.05. The number of rotatable bonds is 4. The molecule has 1 unspecified atom stereocenters. The van der Waals surface area contributed by atoms with Gasteiger partial charge < -0.3 is 20.3 Å². The Balaban J connectivity index is 2.26. The number of hydrogen-bond donors (Lipinski definition) is 2. The number of nitrogens with one attached hydrogen (secondary N) is 2. The van der Waals surface area contributed by atoms with E-state index in [1.807, 2.05) is 0 Å². The van der Waals surface area contributed by atoms with E-state index >= 15 is 0 Å². The third-order valence-electron chi connectivity index (χ3n) is 3.30. The van der Waals surface area contributed by atoms with Crippen molar-refractivity contribution in [3.8, 4) is 0 Å². The lowest BCUT2D eigenvalue weighted by Crippen LogP contribution is -2.50. The molecule has 0 spiro atoms. The standard InChI is InChI=1S/C15H26ClN3O4/c1-10(16)13(21)19-7-5-11(6-8-19)18-12(20)9-17-14(22)23-15(2,3)4/h10-11H,5-9H2,1-4H3,(H,17,22)(H,18,20). The molecule has 1 rings (SSSR count). The lowest BCUT2D eigenvalue weighted by molar-refractivity contribution is -0.131. The molecular formula is C15H26ClN3O4. The second-order valence-corrected chi connectivity index (χ2v) is 7.29. The van der Waals surface area contributed by atoms with Gasteiger partial charge in [-0.15, -0.1) is 11.6 Å². The van der Waals surface area contributed by atoms with E-state index in [0.29, 0.717) is 25.9 Å². The monoisotopic (exact) mass is 347 g/mol. The number of amides is 3. The fourth-order valence-corrected chi connectivity index (χ4v) is 2.38. The number of nitrogens with zero attached hydrogens (tertiary/aromatic N) is 1. The summed E-state index contributed by atoms with van der Waals surface area (Å²) in [6.45, 7) is 7.92. The van der Waals surface area contributed by atoms with Crippen molar-refractivity contribution in [2.45, 2.75) is 57.6 Å². The van der Waals surface area contributed by atoms with Gasteiger partial charge in [0.2, 0.25) is 11.8 Å². The molecule has 1 saturated heterocycles. The lowest BCUT2D eigenvalue weighted by atomic mass is 10.0. The van der Waals surface area contributed by atoms with Crippen LogP contribution in [0.2, 0.25) is 0 Å². The maximum absolute atomic E-state index is 11.8. The number of carbonyl (C=O) groups is 3. The normalized spacial score (nSPS) is 17.3. The van der Waals surface area contributed by atoms with E-state index in [4.69, 9.17) is 16.3 Å². The van der Waals surface area contributed by atoms with E-state index in [9.17, 15) is 14.4 Å². The molecule has 132 valence electrons. The number of carbonyl (C=O) groups excluding carboxylic acids is 3. The lowest BCUT2D eigenvalue weighted by Gasteiger charge is -2.33. The molecular weight excluding hydrogens is 322 g/mol. The smallest absolute Gasteiger partial charge is 0.408 e. The van der Waals surface area contributed by atoms with E-state index in [2.05, 4.69) is 10.6 Å². The maximum Gasteiger partial charge on any atom is 0.408 e. The van der Waals surface area contributed by atoms with Crippen molar-refractivity contribution in [1.29, 1.82) is 0 Å². The van der Waals surface area contributed by atoms with Crippen molar-refractivity contribution in [3.05, 3.63) is 0 Å². The van der Waals surface area contributed by atoms with Crippen LogP contribution in [0.1, 0.15) is 40.5 Å². The summed E-state index contributed by atoms with van der Waals surface area (Å²) in [4.78, 5) is 36.8. The van der Waals surface area contributed by atoms with Crippen LogP contribution in [0, 0.1) is 0 Å². The second-order valence-electron chi connectivity index (χ2n) is 6.64. The molecule has 1 fully saturated rings. The summed E-state index contributed by atoms with van der Waals surface area (Å²) in [6, 6.07) is -0.00221. The van der Waals surface area contributed by atoms with Crippen molar-refractivity contribution in [2.24, 2.45) is 0 Å². The number of hydrogen-bond acceptors (Lipinski definition) is 4. The molecule has 1 aliphatic heterocycles. The SMILES string of the molecule is CC(Cl)C(=O)N1CCC(NC(=O)CNC(=O)OC(C)(C)C)CC1. The van der Waals surface area contributed by atoms with Gasteiger partial charge in [-0.2, -0.15) is 0 Å². The van der Waals surface area contributed by atoms with Gasteiger partial charge in [-0.3, -0.25) is 9.59 Å². The number of piperidine rings is 1. The molecule has 1 atom stereocenters. The first-order valence-corrected chi connectivity index (χ1v) is 8.21. The van der Waals surface area contributed by atoms with Gasteiger partial charge in [0.05, 0.1) is 0 Å². The van der Waals surface area contributed by atoms with Crippen LogP contribution in [0.3, 0.4) is 0 Å². The van der Waals surface area contributed by atoms with Crippen LogP contribution in [0.25, 0.3) is 0 Å². The van der Waals surface area contributed by atoms with E-state index in [1.165, 1.54) is 0 Å². The van der Waals surface area contributed by atoms with E-state index in [-0.39, 0.29) is 24.4 Å². The van der Waals surface area contributed by atoms with Crippen molar-refractivity contribution in [3.63, 3.8) is 0 Å². The minimum atomic E-state index is -0.621. The fraction of sp³-hybridized carbons (Fsp3) is 0.800. The number of alkyl halides is 1. The zero-order chi connectivity index (χ0) is 17.6. The van der Waals surface area contributed by atoms with Crippen LogP contribution < -0.4 is 10.6 Å². The van der Waals surface area contributed by atoms with Crippen LogP contribution >= 0.6 is 11.6 Å². The Kier molecular flexibility index (Phi) is 7.12. The number of ether oxygens (including phenoxy) is 1. The summed E-state index contributed by atoms with van der Waals surface area (Å²) in [6.07, 6.45) is 0.727. The van der Waals surface area contributed by atoms with Gasteiger partial charge in [-0.1, -0.05) is 0 Å². The molecule has 2 N–H and O–H groups in total. The fourth-order valence-electron chi connectivity index (χ4n) is 2.24. The summed E-state index contributed by atoms with van der Waals surface area (Å²) >= 11 is 5.79. The minimum absolute atomic E-state index is 0.00221. The Morgan fingerprint density at radius 1 is 1.26 bits per heavy atom. The molecule has 0 aliphatic carbocycles. The number of likely N-dealkylation sites (tertiary alicyclic amines) is 1. The van der Waals surface area contributed by atoms with Gasteiger partial charge in [0, 0.05) is 19.1 Å². The van der Waals surface area contributed by atoms with Crippen LogP contribution in [-0.4, -0.2) is 59.5 Å². The second kappa shape index (κ2) is 8.38. The molecule has 0 aromatic heterocycles. The highest BCUT2D eigenvalue weighted by molar-refractivity contribution is 6.30. The summed E-state index contributed by atoms with van der Waals surface area (Å²) in [5.74, 6) is -0.352. The Morgan fingerprint density at radius 2 is 1.83 bits per heavy atom. The predicted molar refractivity (Wildman–Crippen MR) is 87.3 cm³/mol. The third kappa shape index (κ3) is 7.54.